The van der Waals surface area contributed by atoms with Gasteiger partial charge in [-0.2, -0.15) is 0 Å². The van der Waals surface area contributed by atoms with Crippen LogP contribution in [0.1, 0.15) is 47.1 Å². The van der Waals surface area contributed by atoms with E-state index in [4.69, 9.17) is 0 Å². The molecule has 0 saturated carbocycles. The van der Waals surface area contributed by atoms with Gasteiger partial charge in [0.2, 0.25) is 0 Å². The normalized spacial score (nSPS) is 11.7. The van der Waals surface area contributed by atoms with Crippen molar-refractivity contribution in [2.45, 2.75) is 54.1 Å². The van der Waals surface area contributed by atoms with Gasteiger partial charge < -0.3 is 10.2 Å². The molecule has 120 valence electrons. The Balaban J connectivity index is 3.03. The van der Waals surface area contributed by atoms with Crippen LogP contribution in [0.25, 0.3) is 0 Å². The lowest BCUT2D eigenvalue weighted by Crippen LogP contribution is -2.34. The summed E-state index contributed by atoms with van der Waals surface area (Å²) in [7, 11) is 0. The first-order valence-corrected chi connectivity index (χ1v) is 7.92. The van der Waals surface area contributed by atoms with E-state index in [9.17, 15) is 4.39 Å². The number of nitrogens with zero attached hydrogens (tertiary/aromatic N) is 2. The Bertz CT molecular complexity index is 420. The van der Waals surface area contributed by atoms with Gasteiger partial charge in [-0.25, -0.2) is 9.37 Å². The Labute approximate surface area is 129 Å². The smallest absolute Gasteiger partial charge is 0.141 e. The first-order chi connectivity index (χ1) is 9.79. The first kappa shape index (κ1) is 17.9. The van der Waals surface area contributed by atoms with E-state index < -0.39 is 0 Å². The van der Waals surface area contributed by atoms with Crippen LogP contribution in [-0.4, -0.2) is 24.1 Å². The summed E-state index contributed by atoms with van der Waals surface area (Å²) in [5.74, 6) is 1.73. The SMILES string of the molecule is CC(C)CN(CC(C)C)c1ncc(F)cc1CNC(C)C. The van der Waals surface area contributed by atoms with Crippen LogP contribution in [0.3, 0.4) is 0 Å². The van der Waals surface area contributed by atoms with Gasteiger partial charge in [-0.15, -0.1) is 0 Å². The van der Waals surface area contributed by atoms with Gasteiger partial charge in [-0.1, -0.05) is 41.5 Å². The van der Waals surface area contributed by atoms with Crippen molar-refractivity contribution in [3.63, 3.8) is 0 Å². The number of halogens is 1. The lowest BCUT2D eigenvalue weighted by Gasteiger charge is -2.29. The quantitative estimate of drug-likeness (QED) is 0.790. The van der Waals surface area contributed by atoms with E-state index in [1.807, 2.05) is 0 Å². The predicted molar refractivity (Wildman–Crippen MR) is 88.1 cm³/mol. The van der Waals surface area contributed by atoms with Gasteiger partial charge in [0.05, 0.1) is 6.20 Å². The zero-order valence-electron chi connectivity index (χ0n) is 14.3. The third kappa shape index (κ3) is 6.42. The third-order valence-corrected chi connectivity index (χ3v) is 3.08. The summed E-state index contributed by atoms with van der Waals surface area (Å²) >= 11 is 0. The molecule has 0 amide bonds. The highest BCUT2D eigenvalue weighted by Gasteiger charge is 2.16. The van der Waals surface area contributed by atoms with Crippen LogP contribution in [-0.2, 0) is 6.54 Å². The highest BCUT2D eigenvalue weighted by atomic mass is 19.1. The number of rotatable bonds is 8. The first-order valence-electron chi connectivity index (χ1n) is 7.92. The van der Waals surface area contributed by atoms with Gasteiger partial charge in [0.15, 0.2) is 0 Å². The zero-order chi connectivity index (χ0) is 16.0. The second kappa shape index (κ2) is 8.32. The minimum absolute atomic E-state index is 0.270. The summed E-state index contributed by atoms with van der Waals surface area (Å²) in [4.78, 5) is 6.66. The maximum Gasteiger partial charge on any atom is 0.141 e. The van der Waals surface area contributed by atoms with Gasteiger partial charge in [-0.3, -0.25) is 0 Å². The Kier molecular flexibility index (Phi) is 7.09. The standard InChI is InChI=1S/C17H30FN3/c1-12(2)10-21(11-13(3)4)17-15(8-19-14(5)6)7-16(18)9-20-17/h7,9,12-14,19H,8,10-11H2,1-6H3. The molecule has 1 rings (SSSR count). The molecule has 0 aliphatic rings. The topological polar surface area (TPSA) is 28.2 Å². The van der Waals surface area contributed by atoms with Gasteiger partial charge in [0, 0.05) is 31.2 Å². The Morgan fingerprint density at radius 3 is 2.14 bits per heavy atom. The van der Waals surface area contributed by atoms with E-state index in [1.165, 1.54) is 6.20 Å². The molecule has 1 heterocycles. The molecule has 3 nitrogen and oxygen atoms in total. The molecule has 0 atom stereocenters. The van der Waals surface area contributed by atoms with Crippen molar-refractivity contribution in [3.8, 4) is 0 Å². The van der Waals surface area contributed by atoms with Gasteiger partial charge >= 0.3 is 0 Å². The van der Waals surface area contributed by atoms with Crippen molar-refractivity contribution in [2.75, 3.05) is 18.0 Å². The van der Waals surface area contributed by atoms with E-state index in [-0.39, 0.29) is 5.82 Å². The summed E-state index contributed by atoms with van der Waals surface area (Å²) in [5, 5.41) is 3.36. The lowest BCUT2D eigenvalue weighted by molar-refractivity contribution is 0.538. The van der Waals surface area contributed by atoms with E-state index in [0.717, 1.165) is 24.5 Å². The average Bonchev–Trinajstić information content (AvgIpc) is 2.34. The summed E-state index contributed by atoms with van der Waals surface area (Å²) < 4.78 is 13.6. The molecule has 0 aliphatic heterocycles. The van der Waals surface area contributed by atoms with Crippen molar-refractivity contribution >= 4 is 5.82 Å². The van der Waals surface area contributed by atoms with Crippen molar-refractivity contribution < 1.29 is 4.39 Å². The molecule has 0 fully saturated rings. The van der Waals surface area contributed by atoms with Crippen molar-refractivity contribution in [1.82, 2.24) is 10.3 Å². The molecule has 0 bridgehead atoms. The molecule has 0 spiro atoms. The third-order valence-electron chi connectivity index (χ3n) is 3.08. The van der Waals surface area contributed by atoms with Crippen molar-refractivity contribution in [3.05, 3.63) is 23.6 Å². The molecule has 0 aromatic carbocycles. The van der Waals surface area contributed by atoms with E-state index in [1.54, 1.807) is 6.07 Å². The molecular weight excluding hydrogens is 265 g/mol. The molecule has 1 N–H and O–H groups in total. The van der Waals surface area contributed by atoms with Crippen LogP contribution in [0, 0.1) is 17.7 Å². The number of pyridine rings is 1. The summed E-state index contributed by atoms with van der Waals surface area (Å²) in [6, 6.07) is 1.97. The van der Waals surface area contributed by atoms with Gasteiger partial charge in [0.1, 0.15) is 11.6 Å². The largest absolute Gasteiger partial charge is 0.356 e. The monoisotopic (exact) mass is 295 g/mol. The highest BCUT2D eigenvalue weighted by Crippen LogP contribution is 2.21. The number of aromatic nitrogens is 1. The zero-order valence-corrected chi connectivity index (χ0v) is 14.3. The Hall–Kier alpha value is -1.16. The van der Waals surface area contributed by atoms with Crippen LogP contribution >= 0.6 is 0 Å². The second-order valence-corrected chi connectivity index (χ2v) is 6.86. The summed E-state index contributed by atoms with van der Waals surface area (Å²) in [6.45, 7) is 15.5. The van der Waals surface area contributed by atoms with Crippen LogP contribution in [0.15, 0.2) is 12.3 Å². The molecule has 0 aliphatic carbocycles. The van der Waals surface area contributed by atoms with Gasteiger partial charge in [0.25, 0.3) is 0 Å². The maximum atomic E-state index is 13.6. The fraction of sp³-hybridized carbons (Fsp3) is 0.706. The lowest BCUT2D eigenvalue weighted by atomic mass is 10.1. The van der Waals surface area contributed by atoms with Crippen molar-refractivity contribution in [1.29, 1.82) is 0 Å². The van der Waals surface area contributed by atoms with E-state index in [2.05, 4.69) is 56.7 Å². The van der Waals surface area contributed by atoms with Crippen LogP contribution in [0.5, 0.6) is 0 Å². The Morgan fingerprint density at radius 1 is 1.10 bits per heavy atom. The molecular formula is C17H30FN3. The number of hydrogen-bond donors (Lipinski definition) is 1. The number of hydrogen-bond acceptors (Lipinski definition) is 3. The van der Waals surface area contributed by atoms with E-state index in [0.29, 0.717) is 24.4 Å². The highest BCUT2D eigenvalue weighted by molar-refractivity contribution is 5.47. The molecule has 0 unspecified atom stereocenters. The molecule has 4 heteroatoms. The maximum absolute atomic E-state index is 13.6. The molecule has 0 radical (unpaired) electrons. The molecule has 21 heavy (non-hydrogen) atoms. The minimum atomic E-state index is -0.270. The van der Waals surface area contributed by atoms with Crippen LogP contribution < -0.4 is 10.2 Å². The van der Waals surface area contributed by atoms with Gasteiger partial charge in [-0.05, 0) is 17.9 Å². The van der Waals surface area contributed by atoms with Crippen LogP contribution in [0.4, 0.5) is 10.2 Å². The fourth-order valence-corrected chi connectivity index (χ4v) is 2.33. The van der Waals surface area contributed by atoms with Crippen LogP contribution in [0.2, 0.25) is 0 Å². The predicted octanol–water partition coefficient (Wildman–Crippen LogP) is 3.84. The summed E-state index contributed by atoms with van der Waals surface area (Å²) in [6.07, 6.45) is 1.32. The summed E-state index contributed by atoms with van der Waals surface area (Å²) in [5.41, 5.74) is 0.935. The number of anilines is 1. The fourth-order valence-electron chi connectivity index (χ4n) is 2.33. The molecule has 1 aromatic heterocycles. The van der Waals surface area contributed by atoms with Crippen molar-refractivity contribution in [2.24, 2.45) is 11.8 Å². The number of nitrogens with one attached hydrogen (secondary N) is 1. The second-order valence-electron chi connectivity index (χ2n) is 6.86. The minimum Gasteiger partial charge on any atom is -0.356 e. The molecule has 0 saturated heterocycles. The molecule has 1 aromatic rings. The Morgan fingerprint density at radius 2 is 1.67 bits per heavy atom. The van der Waals surface area contributed by atoms with E-state index >= 15 is 0 Å². The average molecular weight is 295 g/mol.